The number of hydrazone groups is 1. The van der Waals surface area contributed by atoms with Gasteiger partial charge >= 0.3 is 0 Å². The molecule has 0 bridgehead atoms. The molecule has 0 radical (unpaired) electrons. The zero-order valence-corrected chi connectivity index (χ0v) is 17.4. The molecule has 0 aromatic heterocycles. The van der Waals surface area contributed by atoms with E-state index in [4.69, 9.17) is 4.74 Å². The molecule has 2 aromatic carbocycles. The summed E-state index contributed by atoms with van der Waals surface area (Å²) in [4.78, 5) is 17.7. The van der Waals surface area contributed by atoms with Gasteiger partial charge in [-0.15, -0.1) is 0 Å². The summed E-state index contributed by atoms with van der Waals surface area (Å²) >= 11 is 0. The van der Waals surface area contributed by atoms with E-state index in [1.165, 1.54) is 12.1 Å². The van der Waals surface area contributed by atoms with E-state index in [0.29, 0.717) is 24.2 Å². The number of amides is 1. The van der Waals surface area contributed by atoms with Crippen molar-refractivity contribution in [3.63, 3.8) is 0 Å². The van der Waals surface area contributed by atoms with Crippen molar-refractivity contribution >= 4 is 11.6 Å². The van der Waals surface area contributed by atoms with E-state index in [1.54, 1.807) is 18.2 Å². The van der Waals surface area contributed by atoms with Gasteiger partial charge in [0, 0.05) is 43.7 Å². The molecule has 158 valence electrons. The van der Waals surface area contributed by atoms with Crippen molar-refractivity contribution in [3.05, 3.63) is 65.5 Å². The molecule has 1 saturated heterocycles. The maximum Gasteiger partial charge on any atom is 0.257 e. The van der Waals surface area contributed by atoms with Gasteiger partial charge in [0.25, 0.3) is 5.91 Å². The van der Waals surface area contributed by atoms with Gasteiger partial charge in [0.05, 0.1) is 25.4 Å². The topological polar surface area (TPSA) is 48.4 Å². The Hall–Kier alpha value is -2.77. The van der Waals surface area contributed by atoms with Crippen LogP contribution in [0.1, 0.15) is 23.6 Å². The Bertz CT molecular complexity index is 940. The Kier molecular flexibility index (Phi) is 6.11. The fraction of sp³-hybridized carbons (Fsp3) is 0.391. The Morgan fingerprint density at radius 2 is 1.90 bits per heavy atom. The minimum Gasteiger partial charge on any atom is -0.496 e. The summed E-state index contributed by atoms with van der Waals surface area (Å²) in [5, 5.41) is 6.22. The van der Waals surface area contributed by atoms with Gasteiger partial charge in [0.2, 0.25) is 0 Å². The van der Waals surface area contributed by atoms with Crippen LogP contribution < -0.4 is 4.74 Å². The number of carbonyl (C=O) groups excluding carboxylic acids is 1. The number of para-hydroxylation sites is 1. The molecule has 7 heteroatoms. The van der Waals surface area contributed by atoms with Crippen LogP contribution in [0.15, 0.2) is 53.6 Å². The van der Waals surface area contributed by atoms with Gasteiger partial charge in [-0.05, 0) is 25.2 Å². The average Bonchev–Trinajstić information content (AvgIpc) is 3.21. The molecule has 2 aliphatic heterocycles. The molecule has 0 N–H and O–H groups in total. The van der Waals surface area contributed by atoms with Crippen LogP contribution in [0.5, 0.6) is 5.75 Å². The van der Waals surface area contributed by atoms with Crippen molar-refractivity contribution in [2.75, 3.05) is 46.9 Å². The fourth-order valence-corrected chi connectivity index (χ4v) is 4.04. The lowest BCUT2D eigenvalue weighted by atomic mass is 9.97. The summed E-state index contributed by atoms with van der Waals surface area (Å²) in [6.07, 6.45) is 0.512. The van der Waals surface area contributed by atoms with E-state index in [9.17, 15) is 9.18 Å². The smallest absolute Gasteiger partial charge is 0.257 e. The Morgan fingerprint density at radius 3 is 2.63 bits per heavy atom. The summed E-state index contributed by atoms with van der Waals surface area (Å²) in [5.41, 5.74) is 2.31. The highest BCUT2D eigenvalue weighted by molar-refractivity contribution is 6.03. The molecule has 0 spiro atoms. The third-order valence-corrected chi connectivity index (χ3v) is 5.78. The number of hydrogen-bond acceptors (Lipinski definition) is 5. The predicted octanol–water partition coefficient (Wildman–Crippen LogP) is 2.76. The van der Waals surface area contributed by atoms with Gasteiger partial charge in [-0.1, -0.05) is 30.3 Å². The van der Waals surface area contributed by atoms with Crippen molar-refractivity contribution in [1.82, 2.24) is 14.8 Å². The number of nitrogens with zero attached hydrogens (tertiary/aromatic N) is 4. The molecule has 4 rings (SSSR count). The molecule has 6 nitrogen and oxygen atoms in total. The first kappa shape index (κ1) is 20.5. The van der Waals surface area contributed by atoms with E-state index in [-0.39, 0.29) is 17.8 Å². The van der Waals surface area contributed by atoms with Gasteiger partial charge in [-0.3, -0.25) is 9.69 Å². The van der Waals surface area contributed by atoms with E-state index in [2.05, 4.69) is 21.9 Å². The SMILES string of the molecule is COc1ccccc1[C@@H]1CC(c2cccc(F)c2)=NN1C(=O)CN1CCN(C)CC1. The lowest BCUT2D eigenvalue weighted by Gasteiger charge is -2.33. The fourth-order valence-electron chi connectivity index (χ4n) is 4.04. The van der Waals surface area contributed by atoms with Crippen LogP contribution in [0.25, 0.3) is 0 Å². The normalized spacial score (nSPS) is 20.3. The predicted molar refractivity (Wildman–Crippen MR) is 114 cm³/mol. The van der Waals surface area contributed by atoms with Crippen LogP contribution in [0, 0.1) is 5.82 Å². The maximum absolute atomic E-state index is 13.8. The Labute approximate surface area is 176 Å². The average molecular weight is 410 g/mol. The molecule has 2 aromatic rings. The first-order valence-electron chi connectivity index (χ1n) is 10.2. The van der Waals surface area contributed by atoms with Gasteiger partial charge < -0.3 is 9.64 Å². The van der Waals surface area contributed by atoms with E-state index in [0.717, 1.165) is 37.5 Å². The third-order valence-electron chi connectivity index (χ3n) is 5.78. The number of piperazine rings is 1. The van der Waals surface area contributed by atoms with Crippen LogP contribution in [-0.4, -0.2) is 73.3 Å². The second-order valence-corrected chi connectivity index (χ2v) is 7.84. The van der Waals surface area contributed by atoms with Crippen molar-refractivity contribution in [2.24, 2.45) is 5.10 Å². The van der Waals surface area contributed by atoms with Crippen molar-refractivity contribution < 1.29 is 13.9 Å². The van der Waals surface area contributed by atoms with Gasteiger partial charge in [-0.2, -0.15) is 5.10 Å². The second kappa shape index (κ2) is 8.93. The molecule has 2 aliphatic rings. The lowest BCUT2D eigenvalue weighted by Crippen LogP contribution is -2.48. The molecule has 2 heterocycles. The molecule has 1 atom stereocenters. The lowest BCUT2D eigenvalue weighted by molar-refractivity contribution is -0.134. The van der Waals surface area contributed by atoms with Crippen LogP contribution in [0.4, 0.5) is 4.39 Å². The molecule has 0 saturated carbocycles. The van der Waals surface area contributed by atoms with Crippen molar-refractivity contribution in [2.45, 2.75) is 12.5 Å². The Morgan fingerprint density at radius 1 is 1.13 bits per heavy atom. The number of rotatable bonds is 5. The quantitative estimate of drug-likeness (QED) is 0.761. The molecule has 1 amide bonds. The summed E-state index contributed by atoms with van der Waals surface area (Å²) in [5.74, 6) is 0.351. The number of carbonyl (C=O) groups is 1. The standard InChI is InChI=1S/C23H27FN4O2/c1-26-10-12-27(13-11-26)16-23(29)28-21(19-8-3-4-9-22(19)30-2)15-20(25-28)17-6-5-7-18(24)14-17/h3-9,14,21H,10-13,15-16H2,1-2H3/t21-/m0/s1. The van der Waals surface area contributed by atoms with Crippen LogP contribution in [-0.2, 0) is 4.79 Å². The molecular formula is C23H27FN4O2. The van der Waals surface area contributed by atoms with E-state index in [1.807, 2.05) is 30.3 Å². The van der Waals surface area contributed by atoms with E-state index < -0.39 is 0 Å². The number of hydrogen-bond donors (Lipinski definition) is 0. The van der Waals surface area contributed by atoms with Crippen LogP contribution in [0.3, 0.4) is 0 Å². The molecule has 0 aliphatic carbocycles. The first-order chi connectivity index (χ1) is 14.5. The number of halogens is 1. The molecule has 1 fully saturated rings. The van der Waals surface area contributed by atoms with Crippen LogP contribution in [0.2, 0.25) is 0 Å². The zero-order chi connectivity index (χ0) is 21.1. The zero-order valence-electron chi connectivity index (χ0n) is 17.4. The third kappa shape index (κ3) is 4.37. The molecule has 0 unspecified atom stereocenters. The van der Waals surface area contributed by atoms with Gasteiger partial charge in [0.1, 0.15) is 11.6 Å². The summed E-state index contributed by atoms with van der Waals surface area (Å²) in [6, 6.07) is 13.8. The highest BCUT2D eigenvalue weighted by Gasteiger charge is 2.35. The number of methoxy groups -OCH3 is 1. The van der Waals surface area contributed by atoms with Crippen molar-refractivity contribution in [1.29, 1.82) is 0 Å². The number of benzene rings is 2. The molecular weight excluding hydrogens is 383 g/mol. The van der Waals surface area contributed by atoms with Gasteiger partial charge in [0.15, 0.2) is 0 Å². The first-order valence-corrected chi connectivity index (χ1v) is 10.2. The largest absolute Gasteiger partial charge is 0.496 e. The highest BCUT2D eigenvalue weighted by Crippen LogP contribution is 2.37. The monoisotopic (exact) mass is 410 g/mol. The number of ether oxygens (including phenoxy) is 1. The summed E-state index contributed by atoms with van der Waals surface area (Å²) in [6.45, 7) is 3.92. The van der Waals surface area contributed by atoms with Crippen LogP contribution >= 0.6 is 0 Å². The Balaban J connectivity index is 1.62. The second-order valence-electron chi connectivity index (χ2n) is 7.84. The van der Waals surface area contributed by atoms with Gasteiger partial charge in [-0.25, -0.2) is 9.40 Å². The summed E-state index contributed by atoms with van der Waals surface area (Å²) in [7, 11) is 3.71. The summed E-state index contributed by atoms with van der Waals surface area (Å²) < 4.78 is 19.3. The molecule has 30 heavy (non-hydrogen) atoms. The van der Waals surface area contributed by atoms with Crippen molar-refractivity contribution in [3.8, 4) is 5.75 Å². The highest BCUT2D eigenvalue weighted by atomic mass is 19.1. The number of likely N-dealkylation sites (N-methyl/N-ethyl adjacent to an activating group) is 1. The van der Waals surface area contributed by atoms with E-state index >= 15 is 0 Å². The maximum atomic E-state index is 13.8. The minimum absolute atomic E-state index is 0.0538. The minimum atomic E-state index is -0.314.